The second-order valence-corrected chi connectivity index (χ2v) is 6.35. The van der Waals surface area contributed by atoms with Crippen LogP contribution in [0.5, 0.6) is 0 Å². The van der Waals surface area contributed by atoms with E-state index in [0.717, 1.165) is 0 Å². The Hall–Kier alpha value is -1.71. The molecule has 0 radical (unpaired) electrons. The third-order valence-corrected chi connectivity index (χ3v) is 4.24. The molecule has 7 nitrogen and oxygen atoms in total. The van der Waals surface area contributed by atoms with E-state index in [4.69, 9.17) is 9.66 Å². The van der Waals surface area contributed by atoms with Crippen LogP contribution in [-0.4, -0.2) is 19.5 Å². The SMILES string of the molecule is Cc1cc(C(=O)Nc2ccc(S(N)(=O)=O)c(Br)c2)no1. The number of aromatic nitrogens is 1. The maximum atomic E-state index is 11.8. The van der Waals surface area contributed by atoms with Crippen molar-refractivity contribution in [1.82, 2.24) is 5.16 Å². The van der Waals surface area contributed by atoms with E-state index >= 15 is 0 Å². The Balaban J connectivity index is 2.23. The molecule has 2 rings (SSSR count). The van der Waals surface area contributed by atoms with Crippen molar-refractivity contribution in [3.8, 4) is 0 Å². The van der Waals surface area contributed by atoms with E-state index in [9.17, 15) is 13.2 Å². The van der Waals surface area contributed by atoms with Crippen LogP contribution in [-0.2, 0) is 10.0 Å². The van der Waals surface area contributed by atoms with Crippen LogP contribution < -0.4 is 10.5 Å². The molecule has 0 aliphatic carbocycles. The van der Waals surface area contributed by atoms with Crippen LogP contribution in [0.25, 0.3) is 0 Å². The summed E-state index contributed by atoms with van der Waals surface area (Å²) >= 11 is 3.09. The van der Waals surface area contributed by atoms with Crippen LogP contribution in [0.3, 0.4) is 0 Å². The number of primary sulfonamides is 1. The Labute approximate surface area is 123 Å². The summed E-state index contributed by atoms with van der Waals surface area (Å²) in [6.07, 6.45) is 0. The molecule has 0 bridgehead atoms. The lowest BCUT2D eigenvalue weighted by Crippen LogP contribution is -2.14. The van der Waals surface area contributed by atoms with Gasteiger partial charge >= 0.3 is 0 Å². The molecular formula is C11H10BrN3O4S. The monoisotopic (exact) mass is 359 g/mol. The largest absolute Gasteiger partial charge is 0.361 e. The Morgan fingerprint density at radius 3 is 2.60 bits per heavy atom. The molecule has 0 aliphatic heterocycles. The highest BCUT2D eigenvalue weighted by Crippen LogP contribution is 2.24. The minimum absolute atomic E-state index is 0.0622. The number of aryl methyl sites for hydroxylation is 1. The second kappa shape index (κ2) is 5.35. The van der Waals surface area contributed by atoms with Crippen molar-refractivity contribution in [2.75, 3.05) is 5.32 Å². The molecule has 0 aliphatic rings. The number of anilines is 1. The smallest absolute Gasteiger partial charge is 0.277 e. The molecule has 106 valence electrons. The molecule has 3 N–H and O–H groups in total. The van der Waals surface area contributed by atoms with Gasteiger partial charge in [0.25, 0.3) is 5.91 Å². The molecule has 20 heavy (non-hydrogen) atoms. The average molecular weight is 360 g/mol. The van der Waals surface area contributed by atoms with Gasteiger partial charge in [0.15, 0.2) is 5.69 Å². The molecule has 1 aromatic carbocycles. The Morgan fingerprint density at radius 2 is 2.10 bits per heavy atom. The number of rotatable bonds is 3. The maximum Gasteiger partial charge on any atom is 0.277 e. The van der Waals surface area contributed by atoms with Gasteiger partial charge in [0, 0.05) is 16.2 Å². The number of hydrogen-bond donors (Lipinski definition) is 2. The number of carbonyl (C=O) groups is 1. The summed E-state index contributed by atoms with van der Waals surface area (Å²) in [7, 11) is -3.81. The summed E-state index contributed by atoms with van der Waals surface area (Å²) < 4.78 is 27.6. The summed E-state index contributed by atoms with van der Waals surface area (Å²) in [4.78, 5) is 11.8. The fourth-order valence-electron chi connectivity index (χ4n) is 1.48. The standard InChI is InChI=1S/C11H10BrN3O4S/c1-6-4-9(15-19-6)11(16)14-7-2-3-10(8(12)5-7)20(13,17)18/h2-5H,1H3,(H,14,16)(H2,13,17,18). The molecule has 2 aromatic rings. The first-order valence-corrected chi connectivity index (χ1v) is 7.68. The summed E-state index contributed by atoms with van der Waals surface area (Å²) in [5.41, 5.74) is 0.532. The first-order valence-electron chi connectivity index (χ1n) is 5.34. The zero-order chi connectivity index (χ0) is 14.9. The molecule has 1 amide bonds. The first kappa shape index (κ1) is 14.7. The highest BCUT2D eigenvalue weighted by molar-refractivity contribution is 9.10. The van der Waals surface area contributed by atoms with Crippen molar-refractivity contribution in [3.05, 3.63) is 40.2 Å². The Bertz CT molecular complexity index is 770. The average Bonchev–Trinajstić information content (AvgIpc) is 2.74. The molecule has 0 spiro atoms. The molecule has 0 unspecified atom stereocenters. The van der Waals surface area contributed by atoms with Gasteiger partial charge in [-0.05, 0) is 41.1 Å². The predicted molar refractivity (Wildman–Crippen MR) is 74.7 cm³/mol. The summed E-state index contributed by atoms with van der Waals surface area (Å²) in [6, 6.07) is 5.64. The van der Waals surface area contributed by atoms with Crippen molar-refractivity contribution >= 4 is 37.5 Å². The summed E-state index contributed by atoms with van der Waals surface area (Å²) in [6.45, 7) is 1.67. The van der Waals surface area contributed by atoms with Crippen LogP contribution in [0.4, 0.5) is 5.69 Å². The van der Waals surface area contributed by atoms with E-state index in [2.05, 4.69) is 26.4 Å². The van der Waals surface area contributed by atoms with E-state index in [1.54, 1.807) is 6.92 Å². The van der Waals surface area contributed by atoms with Crippen LogP contribution in [0.2, 0.25) is 0 Å². The number of halogens is 1. The van der Waals surface area contributed by atoms with Crippen molar-refractivity contribution in [1.29, 1.82) is 0 Å². The first-order chi connectivity index (χ1) is 9.27. The lowest BCUT2D eigenvalue weighted by molar-refractivity contribution is 0.101. The van der Waals surface area contributed by atoms with Gasteiger partial charge < -0.3 is 9.84 Å². The van der Waals surface area contributed by atoms with E-state index < -0.39 is 15.9 Å². The van der Waals surface area contributed by atoms with Gasteiger partial charge in [0.2, 0.25) is 10.0 Å². The van der Waals surface area contributed by atoms with Gasteiger partial charge in [-0.2, -0.15) is 0 Å². The number of carbonyl (C=O) groups excluding carboxylic acids is 1. The number of hydrogen-bond acceptors (Lipinski definition) is 5. The van der Waals surface area contributed by atoms with Crippen molar-refractivity contribution in [2.24, 2.45) is 5.14 Å². The van der Waals surface area contributed by atoms with E-state index in [1.165, 1.54) is 24.3 Å². The molecule has 1 aromatic heterocycles. The lowest BCUT2D eigenvalue weighted by Gasteiger charge is -2.06. The molecule has 0 fully saturated rings. The maximum absolute atomic E-state index is 11.8. The third kappa shape index (κ3) is 3.24. The quantitative estimate of drug-likeness (QED) is 0.864. The van der Waals surface area contributed by atoms with Gasteiger partial charge in [-0.1, -0.05) is 5.16 Å². The zero-order valence-electron chi connectivity index (χ0n) is 10.3. The molecule has 0 saturated heterocycles. The number of benzene rings is 1. The summed E-state index contributed by atoms with van der Waals surface area (Å²) in [5.74, 6) is 0.0537. The van der Waals surface area contributed by atoms with Crippen LogP contribution in [0.1, 0.15) is 16.2 Å². The second-order valence-electron chi connectivity index (χ2n) is 3.97. The van der Waals surface area contributed by atoms with Crippen LogP contribution in [0.15, 0.2) is 38.2 Å². The molecular weight excluding hydrogens is 350 g/mol. The number of sulfonamides is 1. The van der Waals surface area contributed by atoms with E-state index in [-0.39, 0.29) is 15.1 Å². The Kier molecular flexibility index (Phi) is 3.93. The van der Waals surface area contributed by atoms with Crippen LogP contribution in [0, 0.1) is 6.92 Å². The van der Waals surface area contributed by atoms with Gasteiger partial charge in [0.05, 0.1) is 4.90 Å². The minimum atomic E-state index is -3.81. The topological polar surface area (TPSA) is 115 Å². The normalized spacial score (nSPS) is 11.3. The van der Waals surface area contributed by atoms with Gasteiger partial charge in [-0.15, -0.1) is 0 Å². The van der Waals surface area contributed by atoms with Crippen LogP contribution >= 0.6 is 15.9 Å². The molecule has 1 heterocycles. The zero-order valence-corrected chi connectivity index (χ0v) is 12.7. The van der Waals surface area contributed by atoms with E-state index in [0.29, 0.717) is 11.4 Å². The fraction of sp³-hybridized carbons (Fsp3) is 0.0909. The van der Waals surface area contributed by atoms with Gasteiger partial charge in [-0.3, -0.25) is 4.79 Å². The molecule has 9 heteroatoms. The van der Waals surface area contributed by atoms with Crippen molar-refractivity contribution < 1.29 is 17.7 Å². The molecule has 0 atom stereocenters. The Morgan fingerprint density at radius 1 is 1.40 bits per heavy atom. The molecule has 0 saturated carbocycles. The number of nitrogens with two attached hydrogens (primary N) is 1. The number of nitrogens with one attached hydrogen (secondary N) is 1. The van der Waals surface area contributed by atoms with Gasteiger partial charge in [0.1, 0.15) is 5.76 Å². The van der Waals surface area contributed by atoms with Crippen molar-refractivity contribution in [3.63, 3.8) is 0 Å². The summed E-state index contributed by atoms with van der Waals surface area (Å²) in [5, 5.41) is 11.2. The predicted octanol–water partition coefficient (Wildman–Crippen LogP) is 1.65. The third-order valence-electron chi connectivity index (χ3n) is 2.36. The minimum Gasteiger partial charge on any atom is -0.361 e. The highest BCUT2D eigenvalue weighted by Gasteiger charge is 2.15. The lowest BCUT2D eigenvalue weighted by atomic mass is 10.3. The number of amides is 1. The fourth-order valence-corrected chi connectivity index (χ4v) is 3.12. The van der Waals surface area contributed by atoms with E-state index in [1.807, 2.05) is 0 Å². The number of nitrogens with zero attached hydrogens (tertiary/aromatic N) is 1. The highest BCUT2D eigenvalue weighted by atomic mass is 79.9. The van der Waals surface area contributed by atoms with Crippen molar-refractivity contribution in [2.45, 2.75) is 11.8 Å². The van der Waals surface area contributed by atoms with Gasteiger partial charge in [-0.25, -0.2) is 13.6 Å².